The second kappa shape index (κ2) is 6.49. The van der Waals surface area contributed by atoms with Crippen LogP contribution in [0.2, 0.25) is 0 Å². The molecule has 0 aromatic heterocycles. The minimum Gasteiger partial charge on any atom is -0.508 e. The van der Waals surface area contributed by atoms with Crippen LogP contribution in [0.15, 0.2) is 48.0 Å². The summed E-state index contributed by atoms with van der Waals surface area (Å²) in [5, 5.41) is 19.7. The summed E-state index contributed by atoms with van der Waals surface area (Å²) in [7, 11) is 0. The van der Waals surface area contributed by atoms with Gasteiger partial charge in [-0.25, -0.2) is 0 Å². The lowest BCUT2D eigenvalue weighted by atomic mass is 9.66. The van der Waals surface area contributed by atoms with E-state index in [0.717, 1.165) is 29.7 Å². The van der Waals surface area contributed by atoms with Gasteiger partial charge in [0.1, 0.15) is 22.8 Å². The molecule has 1 heterocycles. The first-order valence-electron chi connectivity index (χ1n) is 9.52. The van der Waals surface area contributed by atoms with Gasteiger partial charge in [0.2, 0.25) is 0 Å². The van der Waals surface area contributed by atoms with E-state index < -0.39 is 0 Å². The highest BCUT2D eigenvalue weighted by atomic mass is 16.5. The monoisotopic (exact) mass is 362 g/mol. The first-order chi connectivity index (χ1) is 12.8. The number of ether oxygens (including phenoxy) is 1. The highest BCUT2D eigenvalue weighted by Gasteiger charge is 2.45. The maximum Gasteiger partial charge on any atom is 0.127 e. The Morgan fingerprint density at radius 2 is 1.78 bits per heavy atom. The fraction of sp³-hybridized carbons (Fsp3) is 0.333. The van der Waals surface area contributed by atoms with Crippen molar-refractivity contribution in [2.24, 2.45) is 5.92 Å². The molecule has 0 radical (unpaired) electrons. The zero-order valence-corrected chi connectivity index (χ0v) is 16.1. The summed E-state index contributed by atoms with van der Waals surface area (Å²) in [5.74, 6) is 2.07. The topological polar surface area (TPSA) is 49.7 Å². The molecule has 3 nitrogen and oxygen atoms in total. The molecule has 0 saturated heterocycles. The van der Waals surface area contributed by atoms with Crippen LogP contribution in [0.3, 0.4) is 0 Å². The van der Waals surface area contributed by atoms with E-state index >= 15 is 0 Å². The van der Waals surface area contributed by atoms with Gasteiger partial charge >= 0.3 is 0 Å². The number of allylic oxidation sites excluding steroid dienone is 2. The number of hydrogen-bond acceptors (Lipinski definition) is 3. The maximum absolute atomic E-state index is 10.3. The second-order valence-electron chi connectivity index (χ2n) is 8.28. The molecule has 3 heteroatoms. The minimum atomic E-state index is -0.263. The fourth-order valence-electron chi connectivity index (χ4n) is 4.52. The smallest absolute Gasteiger partial charge is 0.127 e. The van der Waals surface area contributed by atoms with Gasteiger partial charge in [0.15, 0.2) is 0 Å². The molecule has 0 bridgehead atoms. The lowest BCUT2D eigenvalue weighted by Gasteiger charge is -2.47. The van der Waals surface area contributed by atoms with Crippen LogP contribution in [0, 0.1) is 5.92 Å². The molecule has 4 rings (SSSR count). The van der Waals surface area contributed by atoms with Crippen molar-refractivity contribution in [2.45, 2.75) is 45.1 Å². The summed E-state index contributed by atoms with van der Waals surface area (Å²) in [6, 6.07) is 10.7. The highest BCUT2D eigenvalue weighted by Crippen LogP contribution is 2.53. The summed E-state index contributed by atoms with van der Waals surface area (Å²) < 4.78 is 6.36. The van der Waals surface area contributed by atoms with Crippen LogP contribution in [-0.4, -0.2) is 15.8 Å². The molecule has 0 spiro atoms. The van der Waals surface area contributed by atoms with E-state index in [1.807, 2.05) is 30.4 Å². The summed E-state index contributed by atoms with van der Waals surface area (Å²) in [5.41, 5.74) is 4.35. The van der Waals surface area contributed by atoms with E-state index in [1.54, 1.807) is 18.2 Å². The Morgan fingerprint density at radius 3 is 2.52 bits per heavy atom. The first-order valence-corrected chi connectivity index (χ1v) is 9.52. The van der Waals surface area contributed by atoms with Gasteiger partial charge in [-0.3, -0.25) is 0 Å². The Morgan fingerprint density at radius 1 is 1.04 bits per heavy atom. The second-order valence-corrected chi connectivity index (χ2v) is 8.28. The summed E-state index contributed by atoms with van der Waals surface area (Å²) in [6.45, 7) is 6.50. The van der Waals surface area contributed by atoms with Crippen LogP contribution in [0.1, 0.15) is 56.2 Å². The zero-order valence-electron chi connectivity index (χ0n) is 16.1. The van der Waals surface area contributed by atoms with Crippen LogP contribution in [0.5, 0.6) is 17.2 Å². The molecule has 2 aromatic rings. The van der Waals surface area contributed by atoms with E-state index in [-0.39, 0.29) is 17.1 Å². The lowest BCUT2D eigenvalue weighted by Crippen LogP contribution is -2.45. The molecule has 0 saturated carbocycles. The summed E-state index contributed by atoms with van der Waals surface area (Å²) in [6.07, 6.45) is 8.43. The van der Waals surface area contributed by atoms with Crippen molar-refractivity contribution in [3.05, 3.63) is 64.7 Å². The van der Waals surface area contributed by atoms with Gasteiger partial charge in [0.05, 0.1) is 0 Å². The fourth-order valence-corrected chi connectivity index (χ4v) is 4.52. The van der Waals surface area contributed by atoms with Gasteiger partial charge in [0, 0.05) is 17.5 Å². The molecule has 1 aliphatic carbocycles. The van der Waals surface area contributed by atoms with Crippen molar-refractivity contribution in [2.75, 3.05) is 0 Å². The van der Waals surface area contributed by atoms with E-state index in [1.165, 1.54) is 11.1 Å². The van der Waals surface area contributed by atoms with Crippen molar-refractivity contribution in [1.82, 2.24) is 0 Å². The molecule has 1 aliphatic heterocycles. The van der Waals surface area contributed by atoms with E-state index in [9.17, 15) is 10.2 Å². The molecular weight excluding hydrogens is 336 g/mol. The largest absolute Gasteiger partial charge is 0.508 e. The van der Waals surface area contributed by atoms with E-state index in [2.05, 4.69) is 26.8 Å². The van der Waals surface area contributed by atoms with E-state index in [4.69, 9.17) is 4.74 Å². The predicted octanol–water partition coefficient (Wildman–Crippen LogP) is 5.88. The third-order valence-electron chi connectivity index (χ3n) is 5.89. The van der Waals surface area contributed by atoms with Gasteiger partial charge in [0.25, 0.3) is 0 Å². The summed E-state index contributed by atoms with van der Waals surface area (Å²) >= 11 is 0. The number of benzene rings is 2. The Balaban J connectivity index is 1.80. The predicted molar refractivity (Wildman–Crippen MR) is 109 cm³/mol. The SMILES string of the molecule is CC1=CC[C@H]2[C@H](C1)c1c(/C=C/c3ccc(O)cc3)cc(O)cc1OC2(C)C. The van der Waals surface area contributed by atoms with Crippen molar-refractivity contribution in [1.29, 1.82) is 0 Å². The maximum atomic E-state index is 10.3. The molecule has 2 N–H and O–H groups in total. The average molecular weight is 362 g/mol. The van der Waals surface area contributed by atoms with Crippen molar-refractivity contribution in [3.8, 4) is 17.2 Å². The van der Waals surface area contributed by atoms with Gasteiger partial charge in [-0.1, -0.05) is 35.9 Å². The third kappa shape index (κ3) is 3.34. The van der Waals surface area contributed by atoms with E-state index in [0.29, 0.717) is 11.8 Å². The lowest BCUT2D eigenvalue weighted by molar-refractivity contribution is 0.00829. The van der Waals surface area contributed by atoms with Crippen LogP contribution in [-0.2, 0) is 0 Å². The average Bonchev–Trinajstić information content (AvgIpc) is 2.59. The molecule has 2 aromatic carbocycles. The Hall–Kier alpha value is -2.68. The normalized spacial score (nSPS) is 23.3. The van der Waals surface area contributed by atoms with Gasteiger partial charge in [-0.05, 0) is 68.9 Å². The van der Waals surface area contributed by atoms with Crippen molar-refractivity contribution in [3.63, 3.8) is 0 Å². The number of hydrogen-bond donors (Lipinski definition) is 2. The number of aromatic hydroxyl groups is 2. The number of phenols is 2. The van der Waals surface area contributed by atoms with Crippen molar-refractivity contribution < 1.29 is 14.9 Å². The third-order valence-corrected chi connectivity index (χ3v) is 5.89. The molecular formula is C24H26O3. The Labute approximate surface area is 160 Å². The van der Waals surface area contributed by atoms with Crippen LogP contribution in [0.25, 0.3) is 12.2 Å². The minimum absolute atomic E-state index is 0.219. The van der Waals surface area contributed by atoms with Crippen molar-refractivity contribution >= 4 is 12.2 Å². The molecule has 0 amide bonds. The Bertz CT molecular complexity index is 919. The van der Waals surface area contributed by atoms with Gasteiger partial charge in [-0.15, -0.1) is 0 Å². The Kier molecular flexibility index (Phi) is 4.26. The molecule has 0 unspecified atom stereocenters. The van der Waals surface area contributed by atoms with Crippen LogP contribution < -0.4 is 4.74 Å². The quantitative estimate of drug-likeness (QED) is 0.518. The highest BCUT2D eigenvalue weighted by molar-refractivity contribution is 5.74. The van der Waals surface area contributed by atoms with Crippen LogP contribution >= 0.6 is 0 Å². The molecule has 2 atom stereocenters. The summed E-state index contributed by atoms with van der Waals surface area (Å²) in [4.78, 5) is 0. The van der Waals surface area contributed by atoms with Gasteiger partial charge in [-0.2, -0.15) is 0 Å². The van der Waals surface area contributed by atoms with Crippen LogP contribution in [0.4, 0.5) is 0 Å². The standard InChI is InChI=1S/C24H26O3/c1-15-4-11-21-20(12-15)23-17(8-5-16-6-9-18(25)10-7-16)13-19(26)14-22(23)27-24(21,2)3/h4-10,13-14,20-21,25-26H,11-12H2,1-3H3/b8-5+/t20-,21-/m0/s1. The molecule has 0 fully saturated rings. The number of rotatable bonds is 2. The molecule has 140 valence electrons. The number of phenolic OH excluding ortho intramolecular Hbond substituents is 2. The zero-order chi connectivity index (χ0) is 19.2. The number of fused-ring (bicyclic) bond motifs is 3. The molecule has 2 aliphatic rings. The molecule has 27 heavy (non-hydrogen) atoms. The van der Waals surface area contributed by atoms with Gasteiger partial charge < -0.3 is 14.9 Å². The first kappa shape index (κ1) is 17.7.